The number of likely N-dealkylation sites (tertiary alicyclic amines) is 1. The number of benzene rings is 1. The molecule has 1 saturated heterocycles. The highest BCUT2D eigenvalue weighted by Gasteiger charge is 2.32. The van der Waals surface area contributed by atoms with Crippen molar-refractivity contribution in [3.63, 3.8) is 0 Å². The largest absolute Gasteiger partial charge is 0.388 e. The number of nitrogens with zero attached hydrogens (tertiary/aromatic N) is 1. The lowest BCUT2D eigenvalue weighted by Crippen LogP contribution is -2.20. The molecule has 0 aromatic heterocycles. The first-order valence-electron chi connectivity index (χ1n) is 5.25. The van der Waals surface area contributed by atoms with Gasteiger partial charge in [-0.3, -0.25) is 4.79 Å². The van der Waals surface area contributed by atoms with E-state index in [9.17, 15) is 14.3 Å². The summed E-state index contributed by atoms with van der Waals surface area (Å²) >= 11 is 0. The van der Waals surface area contributed by atoms with Gasteiger partial charge < -0.3 is 10.0 Å². The quantitative estimate of drug-likeness (QED) is 0.821. The predicted octanol–water partition coefficient (Wildman–Crippen LogP) is 1.34. The zero-order valence-corrected chi connectivity index (χ0v) is 9.06. The minimum absolute atomic E-state index is 0.0474. The van der Waals surface area contributed by atoms with E-state index >= 15 is 0 Å². The molecule has 16 heavy (non-hydrogen) atoms. The third-order valence-electron chi connectivity index (χ3n) is 3.03. The van der Waals surface area contributed by atoms with Gasteiger partial charge in [-0.05, 0) is 17.7 Å². The van der Waals surface area contributed by atoms with Crippen LogP contribution in [0.3, 0.4) is 0 Å². The Kier molecular flexibility index (Phi) is 2.92. The highest BCUT2D eigenvalue weighted by atomic mass is 19.1. The van der Waals surface area contributed by atoms with Crippen LogP contribution < -0.4 is 0 Å². The summed E-state index contributed by atoms with van der Waals surface area (Å²) in [6, 6.07) is 5.75. The maximum Gasteiger partial charge on any atom is 0.222 e. The molecule has 1 amide bonds. The summed E-state index contributed by atoms with van der Waals surface area (Å²) in [5.41, 5.74) is 0.662. The molecule has 2 unspecified atom stereocenters. The minimum Gasteiger partial charge on any atom is -0.388 e. The van der Waals surface area contributed by atoms with Crippen molar-refractivity contribution < 1.29 is 14.3 Å². The van der Waals surface area contributed by atoms with E-state index in [0.29, 0.717) is 18.5 Å². The molecule has 1 heterocycles. The lowest BCUT2D eigenvalue weighted by atomic mass is 9.95. The monoisotopic (exact) mass is 223 g/mol. The Morgan fingerprint density at radius 1 is 1.44 bits per heavy atom. The van der Waals surface area contributed by atoms with Crippen LogP contribution in [0.25, 0.3) is 0 Å². The summed E-state index contributed by atoms with van der Waals surface area (Å²) in [6.07, 6.45) is -0.343. The molecule has 1 fully saturated rings. The van der Waals surface area contributed by atoms with Crippen LogP contribution in [0.1, 0.15) is 18.1 Å². The summed E-state index contributed by atoms with van der Waals surface area (Å²) in [4.78, 5) is 12.9. The molecule has 0 saturated carbocycles. The Hall–Kier alpha value is -1.42. The van der Waals surface area contributed by atoms with Gasteiger partial charge in [0.2, 0.25) is 5.91 Å². The van der Waals surface area contributed by atoms with Gasteiger partial charge in [0.1, 0.15) is 5.82 Å². The van der Waals surface area contributed by atoms with Crippen LogP contribution in [0.2, 0.25) is 0 Å². The zero-order valence-electron chi connectivity index (χ0n) is 9.06. The third-order valence-corrected chi connectivity index (χ3v) is 3.03. The molecule has 1 aromatic carbocycles. The van der Waals surface area contributed by atoms with E-state index in [1.165, 1.54) is 12.1 Å². The van der Waals surface area contributed by atoms with Crippen molar-refractivity contribution >= 4 is 5.91 Å². The van der Waals surface area contributed by atoms with Crippen LogP contribution >= 0.6 is 0 Å². The minimum atomic E-state index is -0.700. The van der Waals surface area contributed by atoms with Crippen molar-refractivity contribution in [1.29, 1.82) is 0 Å². The number of aliphatic hydroxyl groups excluding tert-OH is 1. The Bertz CT molecular complexity index is 391. The van der Waals surface area contributed by atoms with Crippen molar-refractivity contribution in [3.05, 3.63) is 35.6 Å². The number of carbonyl (C=O) groups is 1. The molecule has 86 valence electrons. The van der Waals surface area contributed by atoms with Gasteiger partial charge in [-0.25, -0.2) is 4.39 Å². The molecule has 0 spiro atoms. The second-order valence-electron chi connectivity index (χ2n) is 4.23. The van der Waals surface area contributed by atoms with Gasteiger partial charge >= 0.3 is 0 Å². The van der Waals surface area contributed by atoms with Crippen molar-refractivity contribution in [1.82, 2.24) is 4.90 Å². The van der Waals surface area contributed by atoms with Gasteiger partial charge in [0.25, 0.3) is 0 Å². The molecule has 0 radical (unpaired) electrons. The van der Waals surface area contributed by atoms with E-state index in [1.54, 1.807) is 24.1 Å². The number of hydrogen-bond acceptors (Lipinski definition) is 2. The average Bonchev–Trinajstić information content (AvgIpc) is 2.59. The molecular weight excluding hydrogens is 209 g/mol. The zero-order chi connectivity index (χ0) is 11.7. The normalized spacial score (nSPS) is 22.6. The molecule has 1 N–H and O–H groups in total. The van der Waals surface area contributed by atoms with Crippen molar-refractivity contribution in [2.45, 2.75) is 12.5 Å². The first-order chi connectivity index (χ1) is 7.58. The number of amides is 1. The number of aliphatic hydroxyl groups is 1. The molecule has 3 nitrogen and oxygen atoms in total. The van der Waals surface area contributed by atoms with E-state index in [0.717, 1.165) is 0 Å². The lowest BCUT2D eigenvalue weighted by Gasteiger charge is -2.17. The van der Waals surface area contributed by atoms with E-state index in [1.807, 2.05) is 0 Å². The number of rotatable bonds is 2. The topological polar surface area (TPSA) is 40.5 Å². The van der Waals surface area contributed by atoms with E-state index in [-0.39, 0.29) is 17.6 Å². The van der Waals surface area contributed by atoms with Gasteiger partial charge in [0, 0.05) is 25.9 Å². The van der Waals surface area contributed by atoms with Crippen molar-refractivity contribution in [2.24, 2.45) is 5.92 Å². The highest BCUT2D eigenvalue weighted by molar-refractivity contribution is 5.78. The fourth-order valence-electron chi connectivity index (χ4n) is 2.04. The van der Waals surface area contributed by atoms with Gasteiger partial charge in [0.15, 0.2) is 0 Å². The van der Waals surface area contributed by atoms with Crippen molar-refractivity contribution in [3.8, 4) is 0 Å². The fourth-order valence-corrected chi connectivity index (χ4v) is 2.04. The second-order valence-corrected chi connectivity index (χ2v) is 4.23. The summed E-state index contributed by atoms with van der Waals surface area (Å²) in [6.45, 7) is 0.553. The number of carbonyl (C=O) groups excluding carboxylic acids is 1. The van der Waals surface area contributed by atoms with Crippen LogP contribution in [0, 0.1) is 11.7 Å². The first kappa shape index (κ1) is 11.1. The Balaban J connectivity index is 2.11. The summed E-state index contributed by atoms with van der Waals surface area (Å²) in [7, 11) is 1.72. The van der Waals surface area contributed by atoms with E-state index in [2.05, 4.69) is 0 Å². The molecule has 2 atom stereocenters. The molecule has 1 aliphatic heterocycles. The number of hydrogen-bond donors (Lipinski definition) is 1. The van der Waals surface area contributed by atoms with E-state index < -0.39 is 6.10 Å². The second kappa shape index (κ2) is 4.22. The van der Waals surface area contributed by atoms with Gasteiger partial charge in [0.05, 0.1) is 6.10 Å². The Labute approximate surface area is 93.5 Å². The highest BCUT2D eigenvalue weighted by Crippen LogP contribution is 2.29. The third kappa shape index (κ3) is 2.07. The fraction of sp³-hybridized carbons (Fsp3) is 0.417. The van der Waals surface area contributed by atoms with Crippen LogP contribution in [-0.4, -0.2) is 29.5 Å². The predicted molar refractivity (Wildman–Crippen MR) is 57.1 cm³/mol. The maximum atomic E-state index is 12.7. The van der Waals surface area contributed by atoms with Gasteiger partial charge in [-0.1, -0.05) is 12.1 Å². The van der Waals surface area contributed by atoms with Gasteiger partial charge in [-0.2, -0.15) is 0 Å². The molecule has 1 aliphatic rings. The average molecular weight is 223 g/mol. The molecule has 4 heteroatoms. The Morgan fingerprint density at radius 2 is 2.06 bits per heavy atom. The lowest BCUT2D eigenvalue weighted by molar-refractivity contribution is -0.126. The van der Waals surface area contributed by atoms with Gasteiger partial charge in [-0.15, -0.1) is 0 Å². The molecule has 1 aromatic rings. The van der Waals surface area contributed by atoms with Crippen LogP contribution in [0.4, 0.5) is 4.39 Å². The molecular formula is C12H14FNO2. The SMILES string of the molecule is CN1CC(C(O)c2ccc(F)cc2)CC1=O. The number of halogens is 1. The molecule has 0 aliphatic carbocycles. The van der Waals surface area contributed by atoms with Crippen molar-refractivity contribution in [2.75, 3.05) is 13.6 Å². The maximum absolute atomic E-state index is 12.7. The Morgan fingerprint density at radius 3 is 2.56 bits per heavy atom. The van der Waals surface area contributed by atoms with E-state index in [4.69, 9.17) is 0 Å². The summed E-state index contributed by atoms with van der Waals surface area (Å²) in [5, 5.41) is 10.0. The summed E-state index contributed by atoms with van der Waals surface area (Å²) in [5.74, 6) is -0.371. The van der Waals surface area contributed by atoms with Crippen LogP contribution in [0.5, 0.6) is 0 Å². The van der Waals surface area contributed by atoms with Crippen LogP contribution in [-0.2, 0) is 4.79 Å². The standard InChI is InChI=1S/C12H14FNO2/c1-14-7-9(6-11(14)15)12(16)8-2-4-10(13)5-3-8/h2-5,9,12,16H,6-7H2,1H3. The first-order valence-corrected chi connectivity index (χ1v) is 5.25. The van der Waals surface area contributed by atoms with Crippen LogP contribution in [0.15, 0.2) is 24.3 Å². The molecule has 2 rings (SSSR count). The smallest absolute Gasteiger partial charge is 0.222 e. The summed E-state index contributed by atoms with van der Waals surface area (Å²) < 4.78 is 12.7. The molecule has 0 bridgehead atoms.